The summed E-state index contributed by atoms with van der Waals surface area (Å²) in [6, 6.07) is 21.3. The number of fused-ring (bicyclic) bond motifs is 1. The van der Waals surface area contributed by atoms with Crippen molar-refractivity contribution in [1.29, 1.82) is 0 Å². The zero-order valence-electron chi connectivity index (χ0n) is 19.3. The Morgan fingerprint density at radius 3 is 2.26 bits per heavy atom. The van der Waals surface area contributed by atoms with Gasteiger partial charge in [-0.2, -0.15) is 8.42 Å². The van der Waals surface area contributed by atoms with E-state index in [1.165, 1.54) is 12.1 Å². The fourth-order valence-electron chi connectivity index (χ4n) is 3.21. The zero-order chi connectivity index (χ0) is 24.5. The SMILES string of the molecule is Cc1ccc(S(=O)(=O)O/N=C(\C(=O)C(C)(C)C)c2nc3cc(-c4ccccc4)ccc3o2)cc1. The molecule has 0 aliphatic rings. The van der Waals surface area contributed by atoms with Gasteiger partial charge in [0.15, 0.2) is 11.4 Å². The summed E-state index contributed by atoms with van der Waals surface area (Å²) >= 11 is 0. The van der Waals surface area contributed by atoms with E-state index in [1.54, 1.807) is 39.0 Å². The maximum Gasteiger partial charge on any atom is 0.358 e. The average Bonchev–Trinajstić information content (AvgIpc) is 3.22. The molecule has 4 rings (SSSR count). The van der Waals surface area contributed by atoms with Gasteiger partial charge >= 0.3 is 10.1 Å². The Labute approximate surface area is 198 Å². The van der Waals surface area contributed by atoms with Crippen LogP contribution in [0.25, 0.3) is 22.2 Å². The van der Waals surface area contributed by atoms with Gasteiger partial charge < -0.3 is 4.42 Å². The fourth-order valence-corrected chi connectivity index (χ4v) is 3.93. The van der Waals surface area contributed by atoms with E-state index in [4.69, 9.17) is 8.70 Å². The number of oxime groups is 1. The summed E-state index contributed by atoms with van der Waals surface area (Å²) in [5, 5.41) is 3.73. The lowest BCUT2D eigenvalue weighted by atomic mass is 9.88. The van der Waals surface area contributed by atoms with E-state index in [-0.39, 0.29) is 16.5 Å². The molecule has 7 nitrogen and oxygen atoms in total. The number of ketones is 1. The van der Waals surface area contributed by atoms with Crippen LogP contribution in [0.2, 0.25) is 0 Å². The van der Waals surface area contributed by atoms with E-state index in [0.717, 1.165) is 16.7 Å². The van der Waals surface area contributed by atoms with Crippen LogP contribution >= 0.6 is 0 Å². The monoisotopic (exact) mass is 476 g/mol. The van der Waals surface area contributed by atoms with Crippen LogP contribution in [0.15, 0.2) is 87.3 Å². The van der Waals surface area contributed by atoms with Gasteiger partial charge in [0.05, 0.1) is 0 Å². The second-order valence-electron chi connectivity index (χ2n) is 8.93. The zero-order valence-corrected chi connectivity index (χ0v) is 20.1. The van der Waals surface area contributed by atoms with Gasteiger partial charge in [-0.3, -0.25) is 9.08 Å². The lowest BCUT2D eigenvalue weighted by molar-refractivity contribution is -0.119. The normalized spacial score (nSPS) is 12.6. The Hall–Kier alpha value is -3.78. The van der Waals surface area contributed by atoms with Crippen LogP contribution in [0.1, 0.15) is 32.2 Å². The third kappa shape index (κ3) is 4.92. The van der Waals surface area contributed by atoms with Crippen molar-refractivity contribution < 1.29 is 21.9 Å². The van der Waals surface area contributed by atoms with E-state index in [9.17, 15) is 13.2 Å². The molecule has 1 aromatic heterocycles. The van der Waals surface area contributed by atoms with Crippen molar-refractivity contribution in [2.75, 3.05) is 0 Å². The predicted molar refractivity (Wildman–Crippen MR) is 130 cm³/mol. The molecule has 0 aliphatic carbocycles. The van der Waals surface area contributed by atoms with Crippen molar-refractivity contribution in [1.82, 2.24) is 4.98 Å². The van der Waals surface area contributed by atoms with E-state index < -0.39 is 21.3 Å². The number of hydrogen-bond donors (Lipinski definition) is 0. The van der Waals surface area contributed by atoms with Crippen molar-refractivity contribution >= 4 is 32.7 Å². The van der Waals surface area contributed by atoms with Gasteiger partial charge in [0.2, 0.25) is 5.71 Å². The third-order valence-corrected chi connectivity index (χ3v) is 6.25. The van der Waals surface area contributed by atoms with E-state index in [1.807, 2.05) is 49.4 Å². The Morgan fingerprint density at radius 2 is 1.62 bits per heavy atom. The first-order valence-electron chi connectivity index (χ1n) is 10.6. The van der Waals surface area contributed by atoms with E-state index in [0.29, 0.717) is 11.1 Å². The third-order valence-electron chi connectivity index (χ3n) is 5.13. The van der Waals surface area contributed by atoms with E-state index >= 15 is 0 Å². The molecule has 4 aromatic rings. The van der Waals surface area contributed by atoms with Crippen molar-refractivity contribution in [2.24, 2.45) is 10.6 Å². The molecule has 0 atom stereocenters. The number of rotatable bonds is 6. The maximum absolute atomic E-state index is 13.1. The minimum Gasteiger partial charge on any atom is -0.435 e. The molecule has 0 saturated carbocycles. The maximum atomic E-state index is 13.1. The molecule has 0 saturated heterocycles. The number of nitrogens with zero attached hydrogens (tertiary/aromatic N) is 2. The average molecular weight is 477 g/mol. The highest BCUT2D eigenvalue weighted by Crippen LogP contribution is 2.27. The first kappa shape index (κ1) is 23.4. The molecular weight excluding hydrogens is 452 g/mol. The minimum atomic E-state index is -4.24. The van der Waals surface area contributed by atoms with Crippen molar-refractivity contribution in [3.8, 4) is 11.1 Å². The molecular formula is C26H24N2O5S. The number of hydrogen-bond acceptors (Lipinski definition) is 7. The molecule has 3 aromatic carbocycles. The predicted octanol–water partition coefficient (Wildman–Crippen LogP) is 5.53. The Balaban J connectivity index is 1.75. The van der Waals surface area contributed by atoms with E-state index in [2.05, 4.69) is 10.1 Å². The topological polar surface area (TPSA) is 98.8 Å². The van der Waals surface area contributed by atoms with Gasteiger partial charge in [-0.15, -0.1) is 0 Å². The Bertz CT molecular complexity index is 1480. The van der Waals surface area contributed by atoms with Gasteiger partial charge in [0.25, 0.3) is 5.89 Å². The molecule has 0 N–H and O–H groups in total. The summed E-state index contributed by atoms with van der Waals surface area (Å²) in [5.41, 5.74) is 2.57. The van der Waals surface area contributed by atoms with Crippen LogP contribution in [0.3, 0.4) is 0 Å². The van der Waals surface area contributed by atoms with Crippen LogP contribution < -0.4 is 0 Å². The van der Waals surface area contributed by atoms with Gasteiger partial charge in [0, 0.05) is 5.41 Å². The summed E-state index contributed by atoms with van der Waals surface area (Å²) in [6.45, 7) is 6.91. The highest BCUT2D eigenvalue weighted by atomic mass is 32.2. The molecule has 0 bridgehead atoms. The summed E-state index contributed by atoms with van der Waals surface area (Å²) in [6.07, 6.45) is 0. The number of aryl methyl sites for hydroxylation is 1. The van der Waals surface area contributed by atoms with Gasteiger partial charge in [-0.25, -0.2) is 4.98 Å². The molecule has 0 amide bonds. The first-order valence-corrected chi connectivity index (χ1v) is 12.0. The van der Waals surface area contributed by atoms with Crippen LogP contribution in [0.4, 0.5) is 0 Å². The quantitative estimate of drug-likeness (QED) is 0.268. The molecule has 174 valence electrons. The lowest BCUT2D eigenvalue weighted by Crippen LogP contribution is -2.30. The molecule has 0 radical (unpaired) electrons. The molecule has 1 heterocycles. The minimum absolute atomic E-state index is 0.0746. The largest absolute Gasteiger partial charge is 0.435 e. The van der Waals surface area contributed by atoms with Crippen molar-refractivity contribution in [2.45, 2.75) is 32.6 Å². The molecule has 0 aliphatic heterocycles. The lowest BCUT2D eigenvalue weighted by Gasteiger charge is -2.15. The second-order valence-corrected chi connectivity index (χ2v) is 10.5. The van der Waals surface area contributed by atoms with Crippen LogP contribution in [0.5, 0.6) is 0 Å². The van der Waals surface area contributed by atoms with Crippen molar-refractivity contribution in [3.63, 3.8) is 0 Å². The molecule has 8 heteroatoms. The molecule has 0 spiro atoms. The van der Waals surface area contributed by atoms with Gasteiger partial charge in [-0.1, -0.05) is 80.0 Å². The van der Waals surface area contributed by atoms with Crippen LogP contribution in [-0.4, -0.2) is 24.9 Å². The summed E-state index contributed by atoms with van der Waals surface area (Å²) < 4.78 is 36.0. The number of oxazole rings is 1. The summed E-state index contributed by atoms with van der Waals surface area (Å²) in [5.74, 6) is -0.583. The summed E-state index contributed by atoms with van der Waals surface area (Å²) in [4.78, 5) is 17.5. The van der Waals surface area contributed by atoms with Crippen molar-refractivity contribution in [3.05, 3.63) is 84.3 Å². The molecule has 0 unspecified atom stereocenters. The Morgan fingerprint density at radius 1 is 0.941 bits per heavy atom. The van der Waals surface area contributed by atoms with Gasteiger partial charge in [-0.05, 0) is 42.3 Å². The number of Topliss-reactive ketones (excluding diaryl/α,β-unsaturated/α-hetero) is 1. The van der Waals surface area contributed by atoms with Crippen LogP contribution in [-0.2, 0) is 19.2 Å². The molecule has 0 fully saturated rings. The number of aromatic nitrogens is 1. The number of carbonyl (C=O) groups excluding carboxylic acids is 1. The van der Waals surface area contributed by atoms with Gasteiger partial charge in [0.1, 0.15) is 10.4 Å². The Kier molecular flexibility index (Phi) is 6.10. The first-order chi connectivity index (χ1) is 16.0. The number of benzene rings is 3. The molecule has 34 heavy (non-hydrogen) atoms. The highest BCUT2D eigenvalue weighted by molar-refractivity contribution is 7.86. The number of carbonyl (C=O) groups is 1. The standard InChI is InChI=1S/C26H24N2O5S/c1-17-10-13-20(14-11-17)34(30,31)33-28-23(24(29)26(2,3)4)25-27-21-16-19(12-15-22(21)32-25)18-8-6-5-7-9-18/h5-16H,1-4H3/b28-23+. The second kappa shape index (κ2) is 8.87. The van der Waals surface area contributed by atoms with Crippen LogP contribution in [0, 0.1) is 12.3 Å². The smallest absolute Gasteiger partial charge is 0.358 e. The highest BCUT2D eigenvalue weighted by Gasteiger charge is 2.32. The fraction of sp³-hybridized carbons (Fsp3) is 0.192. The summed E-state index contributed by atoms with van der Waals surface area (Å²) in [7, 11) is -4.24.